The molecule has 2 aromatic rings. The molecule has 2 heterocycles. The van der Waals surface area contributed by atoms with Gasteiger partial charge in [-0.1, -0.05) is 11.6 Å². The number of likely N-dealkylation sites (N-methyl/N-ethyl adjacent to an activating group) is 1. The van der Waals surface area contributed by atoms with Crippen LogP contribution in [0.3, 0.4) is 0 Å². The number of nitrogens with one attached hydrogen (secondary N) is 1. The molecule has 3 rings (SSSR count). The molecule has 0 aliphatic carbocycles. The highest BCUT2D eigenvalue weighted by molar-refractivity contribution is 6.33. The molecule has 1 aliphatic rings. The van der Waals surface area contributed by atoms with Crippen molar-refractivity contribution in [3.8, 4) is 5.75 Å². The van der Waals surface area contributed by atoms with Crippen LogP contribution < -0.4 is 10.1 Å². The van der Waals surface area contributed by atoms with Gasteiger partial charge < -0.3 is 15.0 Å². The second kappa shape index (κ2) is 9.00. The third-order valence-electron chi connectivity index (χ3n) is 4.75. The normalized spacial score (nSPS) is 17.3. The van der Waals surface area contributed by atoms with Crippen LogP contribution in [0, 0.1) is 0 Å². The van der Waals surface area contributed by atoms with Crippen molar-refractivity contribution in [2.75, 3.05) is 25.5 Å². The Kier molecular flexibility index (Phi) is 6.64. The molecule has 1 atom stereocenters. The molecule has 9 heteroatoms. The summed E-state index contributed by atoms with van der Waals surface area (Å²) in [6.07, 6.45) is -2.02. The van der Waals surface area contributed by atoms with E-state index in [0.717, 1.165) is 19.4 Å². The van der Waals surface area contributed by atoms with Crippen LogP contribution in [0.15, 0.2) is 36.5 Å². The molecular formula is C20H21ClF3N3O2. The second-order valence-electron chi connectivity index (χ2n) is 7.04. The second-order valence-corrected chi connectivity index (χ2v) is 7.40. The van der Waals surface area contributed by atoms with Gasteiger partial charge in [-0.25, -0.2) is 4.98 Å². The van der Waals surface area contributed by atoms with E-state index >= 15 is 0 Å². The number of rotatable bonds is 6. The zero-order valence-corrected chi connectivity index (χ0v) is 16.6. The van der Waals surface area contributed by atoms with Crippen LogP contribution in [-0.4, -0.2) is 48.2 Å². The lowest BCUT2D eigenvalue weighted by atomic mass is 10.1. The number of hydrogen-bond acceptors (Lipinski definition) is 4. The van der Waals surface area contributed by atoms with Gasteiger partial charge in [0.15, 0.2) is 0 Å². The minimum Gasteiger partial charge on any atom is -0.492 e. The Bertz CT molecular complexity index is 876. The first-order valence-electron chi connectivity index (χ1n) is 9.17. The molecule has 0 radical (unpaired) electrons. The van der Waals surface area contributed by atoms with E-state index < -0.39 is 18.5 Å². The van der Waals surface area contributed by atoms with Crippen LogP contribution in [0.5, 0.6) is 5.75 Å². The van der Waals surface area contributed by atoms with Gasteiger partial charge in [-0.2, -0.15) is 13.2 Å². The van der Waals surface area contributed by atoms with E-state index in [1.165, 1.54) is 30.5 Å². The van der Waals surface area contributed by atoms with Crippen molar-refractivity contribution in [2.45, 2.75) is 31.5 Å². The molecule has 0 spiro atoms. The Labute approximate surface area is 171 Å². The van der Waals surface area contributed by atoms with Crippen molar-refractivity contribution < 1.29 is 22.7 Å². The zero-order valence-electron chi connectivity index (χ0n) is 15.8. The number of nitrogens with zero attached hydrogens (tertiary/aromatic N) is 2. The molecule has 0 saturated carbocycles. The number of aromatic nitrogens is 1. The highest BCUT2D eigenvalue weighted by Gasteiger charge is 2.28. The molecule has 1 fully saturated rings. The smallest absolute Gasteiger partial charge is 0.393 e. The number of alkyl halides is 3. The summed E-state index contributed by atoms with van der Waals surface area (Å²) in [7, 11) is 1.99. The summed E-state index contributed by atoms with van der Waals surface area (Å²) < 4.78 is 44.5. The van der Waals surface area contributed by atoms with E-state index in [9.17, 15) is 18.0 Å². The highest BCUT2D eigenvalue weighted by atomic mass is 35.5. The Morgan fingerprint density at radius 2 is 2.17 bits per heavy atom. The predicted octanol–water partition coefficient (Wildman–Crippen LogP) is 4.57. The molecule has 5 nitrogen and oxygen atoms in total. The third kappa shape index (κ3) is 6.08. The minimum atomic E-state index is -4.38. The number of hydrogen-bond donors (Lipinski definition) is 1. The number of carbonyl (C=O) groups excluding carboxylic acids is 1. The van der Waals surface area contributed by atoms with E-state index in [2.05, 4.69) is 15.2 Å². The minimum absolute atomic E-state index is 0.00219. The Morgan fingerprint density at radius 1 is 1.38 bits per heavy atom. The van der Waals surface area contributed by atoms with E-state index in [4.69, 9.17) is 16.3 Å². The van der Waals surface area contributed by atoms with Crippen molar-refractivity contribution in [1.29, 1.82) is 0 Å². The predicted molar refractivity (Wildman–Crippen MR) is 105 cm³/mol. The van der Waals surface area contributed by atoms with Crippen molar-refractivity contribution >= 4 is 23.2 Å². The van der Waals surface area contributed by atoms with Gasteiger partial charge in [0.1, 0.15) is 17.5 Å². The summed E-state index contributed by atoms with van der Waals surface area (Å²) in [6, 6.07) is 7.40. The fourth-order valence-corrected chi connectivity index (χ4v) is 3.49. The Morgan fingerprint density at radius 3 is 2.83 bits per heavy atom. The van der Waals surface area contributed by atoms with Crippen molar-refractivity contribution in [3.63, 3.8) is 0 Å². The number of anilines is 1. The van der Waals surface area contributed by atoms with Crippen LogP contribution in [0.25, 0.3) is 0 Å². The maximum Gasteiger partial charge on any atom is 0.393 e. The van der Waals surface area contributed by atoms with Gasteiger partial charge >= 0.3 is 6.18 Å². The fraction of sp³-hybridized carbons (Fsp3) is 0.400. The lowest BCUT2D eigenvalue weighted by Gasteiger charge is -2.20. The number of benzene rings is 1. The summed E-state index contributed by atoms with van der Waals surface area (Å²) in [6.45, 7) is 1.34. The fourth-order valence-electron chi connectivity index (χ4n) is 3.29. The van der Waals surface area contributed by atoms with Gasteiger partial charge in [0.2, 0.25) is 0 Å². The summed E-state index contributed by atoms with van der Waals surface area (Å²) >= 11 is 5.92. The summed E-state index contributed by atoms with van der Waals surface area (Å²) in [5.74, 6) is -0.284. The molecule has 0 bridgehead atoms. The van der Waals surface area contributed by atoms with Crippen LogP contribution in [-0.2, 0) is 6.42 Å². The molecule has 156 valence electrons. The average Bonchev–Trinajstić information content (AvgIpc) is 3.03. The molecule has 29 heavy (non-hydrogen) atoms. The first-order chi connectivity index (χ1) is 13.7. The first-order valence-corrected chi connectivity index (χ1v) is 9.55. The van der Waals surface area contributed by atoms with Gasteiger partial charge in [0, 0.05) is 24.0 Å². The van der Waals surface area contributed by atoms with Crippen LogP contribution in [0.1, 0.15) is 28.8 Å². The number of likely N-dealkylation sites (tertiary alicyclic amines) is 1. The number of amides is 1. The van der Waals surface area contributed by atoms with Crippen LogP contribution in [0.4, 0.5) is 18.9 Å². The van der Waals surface area contributed by atoms with Gasteiger partial charge in [0.05, 0.1) is 12.0 Å². The number of ether oxygens (including phenoxy) is 1. The van der Waals surface area contributed by atoms with E-state index in [1.54, 1.807) is 6.07 Å². The lowest BCUT2D eigenvalue weighted by molar-refractivity contribution is -0.127. The summed E-state index contributed by atoms with van der Waals surface area (Å²) in [5.41, 5.74) is 0.333. The van der Waals surface area contributed by atoms with Gasteiger partial charge in [-0.3, -0.25) is 4.79 Å². The Balaban J connectivity index is 1.80. The van der Waals surface area contributed by atoms with Crippen LogP contribution >= 0.6 is 11.6 Å². The quantitative estimate of drug-likeness (QED) is 0.686. The van der Waals surface area contributed by atoms with E-state index in [1.807, 2.05) is 7.05 Å². The average molecular weight is 428 g/mol. The zero-order chi connectivity index (χ0) is 21.0. The molecular weight excluding hydrogens is 407 g/mol. The highest BCUT2D eigenvalue weighted by Crippen LogP contribution is 2.28. The maximum atomic E-state index is 12.9. The summed E-state index contributed by atoms with van der Waals surface area (Å²) in [5, 5.41) is 2.59. The third-order valence-corrected chi connectivity index (χ3v) is 5.05. The van der Waals surface area contributed by atoms with Gasteiger partial charge in [-0.15, -0.1) is 0 Å². The number of halogens is 4. The summed E-state index contributed by atoms with van der Waals surface area (Å²) in [4.78, 5) is 18.4. The largest absolute Gasteiger partial charge is 0.492 e. The lowest BCUT2D eigenvalue weighted by Crippen LogP contribution is -2.30. The van der Waals surface area contributed by atoms with Gasteiger partial charge in [0.25, 0.3) is 5.91 Å². The molecule has 1 aromatic heterocycles. The first kappa shape index (κ1) is 21.4. The molecule has 1 aliphatic heterocycles. The van der Waals surface area contributed by atoms with Crippen molar-refractivity contribution in [2.24, 2.45) is 0 Å². The molecule has 1 aromatic carbocycles. The van der Waals surface area contributed by atoms with E-state index in [-0.39, 0.29) is 33.8 Å². The molecule has 1 N–H and O–H groups in total. The molecule has 0 unspecified atom stereocenters. The number of pyridine rings is 1. The van der Waals surface area contributed by atoms with Crippen molar-refractivity contribution in [3.05, 3.63) is 52.8 Å². The Hall–Kier alpha value is -2.32. The van der Waals surface area contributed by atoms with Crippen molar-refractivity contribution in [1.82, 2.24) is 9.88 Å². The van der Waals surface area contributed by atoms with Gasteiger partial charge in [-0.05, 0) is 56.3 Å². The van der Waals surface area contributed by atoms with Crippen LogP contribution in [0.2, 0.25) is 5.15 Å². The maximum absolute atomic E-state index is 12.9. The SMILES string of the molecule is CN1CCC[C@H]1COc1cc(CC(F)(F)F)cc(NC(=O)c2cccnc2Cl)c1. The topological polar surface area (TPSA) is 54.5 Å². The number of carbonyl (C=O) groups is 1. The molecule has 1 amide bonds. The van der Waals surface area contributed by atoms with E-state index in [0.29, 0.717) is 6.61 Å². The standard InChI is InChI=1S/C20H21ClF3N3O2/c1-27-7-3-4-15(27)12-29-16-9-13(11-20(22,23)24)8-14(10-16)26-19(28)17-5-2-6-25-18(17)21/h2,5-6,8-10,15H,3-4,7,11-12H2,1H3,(H,26,28)/t15-/m0/s1. The molecule has 1 saturated heterocycles. The monoisotopic (exact) mass is 427 g/mol.